The van der Waals surface area contributed by atoms with Crippen molar-refractivity contribution in [3.05, 3.63) is 35.1 Å². The highest BCUT2D eigenvalue weighted by Gasteiger charge is 2.41. The van der Waals surface area contributed by atoms with Crippen molar-refractivity contribution in [1.29, 1.82) is 5.26 Å². The predicted octanol–water partition coefficient (Wildman–Crippen LogP) is 3.46. The minimum absolute atomic E-state index is 0.220. The van der Waals surface area contributed by atoms with Gasteiger partial charge in [-0.1, -0.05) is 19.9 Å². The minimum Gasteiger partial charge on any atom is -0.207 e. The zero-order valence-electron chi connectivity index (χ0n) is 9.00. The van der Waals surface area contributed by atoms with E-state index >= 15 is 0 Å². The van der Waals surface area contributed by atoms with E-state index < -0.39 is 0 Å². The largest absolute Gasteiger partial charge is 0.207 e. The molecule has 1 saturated carbocycles. The summed E-state index contributed by atoms with van der Waals surface area (Å²) in [4.78, 5) is 0. The van der Waals surface area contributed by atoms with Crippen LogP contribution in [0, 0.1) is 29.0 Å². The first-order chi connectivity index (χ1) is 7.13. The topological polar surface area (TPSA) is 23.8 Å². The van der Waals surface area contributed by atoms with Gasteiger partial charge in [0.25, 0.3) is 0 Å². The molecule has 0 saturated heterocycles. The van der Waals surface area contributed by atoms with E-state index in [9.17, 15) is 4.39 Å². The number of hydrogen-bond donors (Lipinski definition) is 0. The van der Waals surface area contributed by atoms with Gasteiger partial charge in [-0.25, -0.2) is 4.39 Å². The molecule has 0 amide bonds. The smallest absolute Gasteiger partial charge is 0.128 e. The Labute approximate surface area is 89.5 Å². The zero-order valence-corrected chi connectivity index (χ0v) is 9.00. The highest BCUT2D eigenvalue weighted by Crippen LogP contribution is 2.52. The summed E-state index contributed by atoms with van der Waals surface area (Å²) in [5.41, 5.74) is 1.19. The summed E-state index contributed by atoms with van der Waals surface area (Å²) in [7, 11) is 0. The molecular weight excluding hydrogens is 189 g/mol. The molecule has 0 bridgehead atoms. The van der Waals surface area contributed by atoms with Gasteiger partial charge in [0.05, 0.1) is 11.6 Å². The number of nitrogens with zero attached hydrogens (tertiary/aromatic N) is 1. The molecule has 1 aromatic rings. The summed E-state index contributed by atoms with van der Waals surface area (Å²) in [5.74, 6) is 1.39. The van der Waals surface area contributed by atoms with Crippen LogP contribution in [0.25, 0.3) is 0 Å². The van der Waals surface area contributed by atoms with Gasteiger partial charge in [0, 0.05) is 0 Å². The molecule has 0 spiro atoms. The maximum atomic E-state index is 13.6. The molecule has 0 N–H and O–H groups in total. The summed E-state index contributed by atoms with van der Waals surface area (Å²) >= 11 is 0. The van der Waals surface area contributed by atoms with Crippen LogP contribution >= 0.6 is 0 Å². The SMILES string of the molecule is CC(C)[C@H]1C[C@@H]1c1ccc(C#N)cc1F. The van der Waals surface area contributed by atoms with Crippen LogP contribution in [0.5, 0.6) is 0 Å². The van der Waals surface area contributed by atoms with Gasteiger partial charge in [-0.15, -0.1) is 0 Å². The van der Waals surface area contributed by atoms with Crippen LogP contribution < -0.4 is 0 Å². The highest BCUT2D eigenvalue weighted by molar-refractivity contribution is 5.36. The van der Waals surface area contributed by atoms with Gasteiger partial charge in [0.2, 0.25) is 0 Å². The number of benzene rings is 1. The standard InChI is InChI=1S/C13H14FN/c1-8(2)11-6-12(11)10-4-3-9(7-15)5-13(10)14/h3-5,8,11-12H,6H2,1-2H3/t11-,12-/m1/s1. The third-order valence-corrected chi connectivity index (χ3v) is 3.23. The number of halogens is 1. The Hall–Kier alpha value is -1.36. The molecule has 1 nitrogen and oxygen atoms in total. The van der Waals surface area contributed by atoms with Crippen molar-refractivity contribution in [2.45, 2.75) is 26.2 Å². The average Bonchev–Trinajstić information content (AvgIpc) is 2.97. The molecule has 0 unspecified atom stereocenters. The van der Waals surface area contributed by atoms with Crippen molar-refractivity contribution >= 4 is 0 Å². The molecule has 15 heavy (non-hydrogen) atoms. The normalized spacial score (nSPS) is 23.9. The predicted molar refractivity (Wildman–Crippen MR) is 56.8 cm³/mol. The van der Waals surface area contributed by atoms with Crippen molar-refractivity contribution in [3.8, 4) is 6.07 Å². The first-order valence-corrected chi connectivity index (χ1v) is 5.33. The van der Waals surface area contributed by atoms with Crippen LogP contribution in [-0.2, 0) is 0 Å². The Morgan fingerprint density at radius 2 is 2.20 bits per heavy atom. The summed E-state index contributed by atoms with van der Waals surface area (Å²) in [6.45, 7) is 4.35. The molecule has 0 aliphatic heterocycles. The molecule has 1 fully saturated rings. The molecule has 1 aromatic carbocycles. The Morgan fingerprint density at radius 1 is 1.47 bits per heavy atom. The summed E-state index contributed by atoms with van der Waals surface area (Å²) < 4.78 is 13.6. The van der Waals surface area contributed by atoms with E-state index in [1.165, 1.54) is 6.07 Å². The number of hydrogen-bond acceptors (Lipinski definition) is 1. The van der Waals surface area contributed by atoms with Gasteiger partial charge in [0.15, 0.2) is 0 Å². The zero-order chi connectivity index (χ0) is 11.0. The Balaban J connectivity index is 2.22. The third-order valence-electron chi connectivity index (χ3n) is 3.23. The molecule has 78 valence electrons. The van der Waals surface area contributed by atoms with Crippen LogP contribution in [-0.4, -0.2) is 0 Å². The average molecular weight is 203 g/mol. The summed E-state index contributed by atoms with van der Waals surface area (Å²) in [6.07, 6.45) is 1.08. The lowest BCUT2D eigenvalue weighted by atomic mass is 10.0. The molecule has 1 aliphatic rings. The fourth-order valence-corrected chi connectivity index (χ4v) is 2.21. The van der Waals surface area contributed by atoms with Crippen LogP contribution in [0.4, 0.5) is 4.39 Å². The Morgan fingerprint density at radius 3 is 2.67 bits per heavy atom. The van der Waals surface area contributed by atoms with Crippen LogP contribution in [0.3, 0.4) is 0 Å². The van der Waals surface area contributed by atoms with E-state index in [1.807, 2.05) is 6.07 Å². The molecule has 0 heterocycles. The Kier molecular flexibility index (Phi) is 2.48. The molecule has 1 aliphatic carbocycles. The molecule has 0 aromatic heterocycles. The van der Waals surface area contributed by atoms with Gasteiger partial charge in [-0.05, 0) is 41.9 Å². The summed E-state index contributed by atoms with van der Waals surface area (Å²) in [6, 6.07) is 6.75. The van der Waals surface area contributed by atoms with E-state index in [-0.39, 0.29) is 5.82 Å². The third kappa shape index (κ3) is 1.87. The quantitative estimate of drug-likeness (QED) is 0.722. The lowest BCUT2D eigenvalue weighted by Gasteiger charge is -2.05. The molecule has 2 atom stereocenters. The first kappa shape index (κ1) is 10.2. The van der Waals surface area contributed by atoms with Gasteiger partial charge in [-0.3, -0.25) is 0 Å². The first-order valence-electron chi connectivity index (χ1n) is 5.33. The fraction of sp³-hybridized carbons (Fsp3) is 0.462. The van der Waals surface area contributed by atoms with Crippen LogP contribution in [0.2, 0.25) is 0 Å². The molecule has 0 radical (unpaired) electrons. The number of nitriles is 1. The number of rotatable bonds is 2. The van der Waals surface area contributed by atoms with Crippen molar-refractivity contribution in [3.63, 3.8) is 0 Å². The highest BCUT2D eigenvalue weighted by atomic mass is 19.1. The second-order valence-electron chi connectivity index (χ2n) is 4.60. The van der Waals surface area contributed by atoms with Gasteiger partial charge in [-0.2, -0.15) is 5.26 Å². The summed E-state index contributed by atoms with van der Waals surface area (Å²) in [5, 5.41) is 8.63. The second kappa shape index (κ2) is 3.66. The lowest BCUT2D eigenvalue weighted by Crippen LogP contribution is -1.95. The van der Waals surface area contributed by atoms with Crippen molar-refractivity contribution in [1.82, 2.24) is 0 Å². The van der Waals surface area contributed by atoms with E-state index in [1.54, 1.807) is 12.1 Å². The fourth-order valence-electron chi connectivity index (χ4n) is 2.21. The van der Waals surface area contributed by atoms with E-state index in [0.29, 0.717) is 23.3 Å². The second-order valence-corrected chi connectivity index (χ2v) is 4.60. The van der Waals surface area contributed by atoms with Crippen LogP contribution in [0.15, 0.2) is 18.2 Å². The van der Waals surface area contributed by atoms with Gasteiger partial charge in [0.1, 0.15) is 5.82 Å². The van der Waals surface area contributed by atoms with Gasteiger partial charge < -0.3 is 0 Å². The molecule has 2 rings (SSSR count). The minimum atomic E-state index is -0.220. The maximum absolute atomic E-state index is 13.6. The maximum Gasteiger partial charge on any atom is 0.128 e. The Bertz CT molecular complexity index is 417. The monoisotopic (exact) mass is 203 g/mol. The van der Waals surface area contributed by atoms with Crippen molar-refractivity contribution in [2.24, 2.45) is 11.8 Å². The van der Waals surface area contributed by atoms with Crippen molar-refractivity contribution < 1.29 is 4.39 Å². The van der Waals surface area contributed by atoms with Crippen LogP contribution in [0.1, 0.15) is 37.3 Å². The van der Waals surface area contributed by atoms with E-state index in [4.69, 9.17) is 5.26 Å². The van der Waals surface area contributed by atoms with E-state index in [0.717, 1.165) is 12.0 Å². The molecular formula is C13H14FN. The van der Waals surface area contributed by atoms with E-state index in [2.05, 4.69) is 13.8 Å². The van der Waals surface area contributed by atoms with Crippen molar-refractivity contribution in [2.75, 3.05) is 0 Å². The van der Waals surface area contributed by atoms with Gasteiger partial charge >= 0.3 is 0 Å². The molecule has 2 heteroatoms. The lowest BCUT2D eigenvalue weighted by molar-refractivity contribution is 0.538.